The van der Waals surface area contributed by atoms with Crippen molar-refractivity contribution in [3.05, 3.63) is 11.6 Å². The molecule has 3 N–H and O–H groups in total. The van der Waals surface area contributed by atoms with Gasteiger partial charge in [0.05, 0.1) is 18.8 Å². The molecule has 2 saturated heterocycles. The Bertz CT molecular complexity index is 954. The second kappa shape index (κ2) is 10.5. The smallest absolute Gasteiger partial charge is 0.306 e. The zero-order chi connectivity index (χ0) is 27.2. The average molecular weight is 535 g/mol. The molecule has 0 spiro atoms. The van der Waals surface area contributed by atoms with Gasteiger partial charge >= 0.3 is 5.97 Å². The summed E-state index contributed by atoms with van der Waals surface area (Å²) in [7, 11) is 0. The number of rotatable bonds is 9. The van der Waals surface area contributed by atoms with Gasteiger partial charge in [0.1, 0.15) is 23.9 Å². The Hall–Kier alpha value is -2.01. The number of likely N-dealkylation sites (tertiary alicyclic amines) is 1. The molecule has 4 fully saturated rings. The normalized spacial score (nSPS) is 31.4. The minimum absolute atomic E-state index is 0.0642. The number of nitrogens with zero attached hydrogens (tertiary/aromatic N) is 1. The number of nitrogens with one attached hydrogen (secondary N) is 1. The van der Waals surface area contributed by atoms with Crippen molar-refractivity contribution in [2.24, 2.45) is 11.8 Å². The third kappa shape index (κ3) is 5.78. The average Bonchev–Trinajstić information content (AvgIpc) is 3.79. The molecule has 10 nitrogen and oxygen atoms in total. The largest absolute Gasteiger partial charge is 0.460 e. The molecule has 2 amide bonds. The molecule has 2 heterocycles. The van der Waals surface area contributed by atoms with Crippen molar-refractivity contribution in [2.45, 2.75) is 120 Å². The summed E-state index contributed by atoms with van der Waals surface area (Å²) in [5.74, 6) is -0.915. The minimum atomic E-state index is -0.843. The number of ether oxygens (including phenoxy) is 3. The first kappa shape index (κ1) is 27.6. The molecule has 212 valence electrons. The Morgan fingerprint density at radius 2 is 1.84 bits per heavy atom. The fourth-order valence-corrected chi connectivity index (χ4v) is 6.13. The number of carbonyl (C=O) groups excluding carboxylic acids is 3. The van der Waals surface area contributed by atoms with Gasteiger partial charge in [0, 0.05) is 36.8 Å². The van der Waals surface area contributed by atoms with Crippen LogP contribution < -0.4 is 5.32 Å². The molecule has 3 aliphatic carbocycles. The first-order valence-corrected chi connectivity index (χ1v) is 14.2. The Morgan fingerprint density at radius 1 is 1.16 bits per heavy atom. The van der Waals surface area contributed by atoms with Crippen molar-refractivity contribution in [1.82, 2.24) is 10.2 Å². The molecule has 10 heteroatoms. The Morgan fingerprint density at radius 3 is 2.45 bits per heavy atom. The molecule has 5 rings (SSSR count). The fraction of sp³-hybridized carbons (Fsp3) is 0.821. The van der Waals surface area contributed by atoms with Crippen LogP contribution in [0.1, 0.15) is 78.6 Å². The standard InChI is InChI=1S/C28H42N2O8/c1-27(2,3)37-23(33)11-10-19(15-31)29-25(34)20-5-4-12-30(20)26(35)16-13-21(32)24-22(14-16)36-28(38-24,17-6-7-17)18-8-9-18/h14,17-22,24,31-32H,4-13,15H2,1-3H3,(H,29,34). The number of hydrogen-bond donors (Lipinski definition) is 3. The SMILES string of the molecule is CC(C)(C)OC(=O)CCC(CO)NC(=O)C1CCCN1C(=O)C1=CC2OC(C3CC3)(C3CC3)OC2C(O)C1. The van der Waals surface area contributed by atoms with Crippen molar-refractivity contribution >= 4 is 17.8 Å². The summed E-state index contributed by atoms with van der Waals surface area (Å²) < 4.78 is 18.1. The van der Waals surface area contributed by atoms with Gasteiger partial charge in [0.15, 0.2) is 5.79 Å². The number of fused-ring (bicyclic) bond motifs is 1. The van der Waals surface area contributed by atoms with Crippen molar-refractivity contribution in [3.8, 4) is 0 Å². The van der Waals surface area contributed by atoms with Crippen LogP contribution >= 0.6 is 0 Å². The summed E-state index contributed by atoms with van der Waals surface area (Å²) in [6.45, 7) is 5.46. The lowest BCUT2D eigenvalue weighted by Gasteiger charge is -2.31. The van der Waals surface area contributed by atoms with Gasteiger partial charge in [-0.15, -0.1) is 0 Å². The second-order valence-electron chi connectivity index (χ2n) is 12.6. The highest BCUT2D eigenvalue weighted by Gasteiger charge is 2.64. The number of hydrogen-bond acceptors (Lipinski definition) is 8. The van der Waals surface area contributed by atoms with Gasteiger partial charge < -0.3 is 34.6 Å². The van der Waals surface area contributed by atoms with Crippen LogP contribution in [-0.4, -0.2) is 87.8 Å². The van der Waals surface area contributed by atoms with E-state index in [4.69, 9.17) is 14.2 Å². The summed E-state index contributed by atoms with van der Waals surface area (Å²) in [4.78, 5) is 40.3. The van der Waals surface area contributed by atoms with Crippen molar-refractivity contribution in [1.29, 1.82) is 0 Å². The Labute approximate surface area is 224 Å². The molecular formula is C28H42N2O8. The predicted molar refractivity (Wildman–Crippen MR) is 135 cm³/mol. The fourth-order valence-electron chi connectivity index (χ4n) is 6.13. The number of aliphatic hydroxyl groups is 2. The van der Waals surface area contributed by atoms with Crippen LogP contribution in [0.4, 0.5) is 0 Å². The maximum atomic E-state index is 13.6. The van der Waals surface area contributed by atoms with E-state index in [2.05, 4.69) is 5.32 Å². The van der Waals surface area contributed by atoms with E-state index in [1.54, 1.807) is 31.7 Å². The van der Waals surface area contributed by atoms with E-state index in [-0.39, 0.29) is 37.7 Å². The number of aliphatic hydroxyl groups excluding tert-OH is 2. The molecule has 0 aromatic carbocycles. The van der Waals surface area contributed by atoms with Crippen LogP contribution in [0.15, 0.2) is 11.6 Å². The Kier molecular flexibility index (Phi) is 7.63. The first-order chi connectivity index (χ1) is 18.0. The summed E-state index contributed by atoms with van der Waals surface area (Å²) in [6, 6.07) is -1.29. The van der Waals surface area contributed by atoms with Gasteiger partial charge in [-0.1, -0.05) is 0 Å². The molecule has 38 heavy (non-hydrogen) atoms. The van der Waals surface area contributed by atoms with Crippen molar-refractivity contribution in [3.63, 3.8) is 0 Å². The lowest BCUT2D eigenvalue weighted by atomic mass is 9.91. The van der Waals surface area contributed by atoms with E-state index in [1.807, 2.05) is 0 Å². The van der Waals surface area contributed by atoms with E-state index < -0.39 is 47.8 Å². The highest BCUT2D eigenvalue weighted by molar-refractivity contribution is 5.97. The minimum Gasteiger partial charge on any atom is -0.460 e. The summed E-state index contributed by atoms with van der Waals surface area (Å²) in [5, 5.41) is 23.5. The van der Waals surface area contributed by atoms with Crippen LogP contribution in [-0.2, 0) is 28.6 Å². The van der Waals surface area contributed by atoms with E-state index in [1.165, 1.54) is 0 Å². The third-order valence-corrected chi connectivity index (χ3v) is 8.21. The lowest BCUT2D eigenvalue weighted by Crippen LogP contribution is -2.51. The predicted octanol–water partition coefficient (Wildman–Crippen LogP) is 1.57. The van der Waals surface area contributed by atoms with Gasteiger partial charge in [-0.25, -0.2) is 0 Å². The molecule has 0 radical (unpaired) electrons. The molecule has 0 aromatic heterocycles. The molecule has 2 aliphatic heterocycles. The second-order valence-corrected chi connectivity index (χ2v) is 12.6. The van der Waals surface area contributed by atoms with E-state index >= 15 is 0 Å². The third-order valence-electron chi connectivity index (χ3n) is 8.21. The highest BCUT2D eigenvalue weighted by atomic mass is 16.8. The van der Waals surface area contributed by atoms with E-state index in [0.29, 0.717) is 36.8 Å². The zero-order valence-electron chi connectivity index (χ0n) is 22.7. The molecule has 5 atom stereocenters. The van der Waals surface area contributed by atoms with Crippen LogP contribution in [0.25, 0.3) is 0 Å². The topological polar surface area (TPSA) is 135 Å². The number of amides is 2. The monoisotopic (exact) mass is 534 g/mol. The highest BCUT2D eigenvalue weighted by Crippen LogP contribution is 2.59. The molecule has 2 saturated carbocycles. The van der Waals surface area contributed by atoms with Crippen molar-refractivity contribution in [2.75, 3.05) is 13.2 Å². The number of carbonyl (C=O) groups is 3. The van der Waals surface area contributed by atoms with Crippen molar-refractivity contribution < 1.29 is 38.8 Å². The maximum Gasteiger partial charge on any atom is 0.306 e. The maximum absolute atomic E-state index is 13.6. The van der Waals surface area contributed by atoms with Crippen LogP contribution in [0.2, 0.25) is 0 Å². The quantitative estimate of drug-likeness (QED) is 0.380. The number of esters is 1. The van der Waals surface area contributed by atoms with Crippen LogP contribution in [0.5, 0.6) is 0 Å². The molecule has 5 unspecified atom stereocenters. The van der Waals surface area contributed by atoms with Gasteiger partial charge in [0.2, 0.25) is 11.8 Å². The zero-order valence-corrected chi connectivity index (χ0v) is 22.7. The molecule has 5 aliphatic rings. The molecule has 0 aromatic rings. The van der Waals surface area contributed by atoms with Crippen LogP contribution in [0, 0.1) is 11.8 Å². The van der Waals surface area contributed by atoms with E-state index in [9.17, 15) is 24.6 Å². The Balaban J connectivity index is 1.20. The summed E-state index contributed by atoms with van der Waals surface area (Å²) >= 11 is 0. The van der Waals surface area contributed by atoms with Gasteiger partial charge in [-0.2, -0.15) is 0 Å². The van der Waals surface area contributed by atoms with Gasteiger partial charge in [-0.3, -0.25) is 14.4 Å². The van der Waals surface area contributed by atoms with Gasteiger partial charge in [-0.05, 0) is 71.8 Å². The summed E-state index contributed by atoms with van der Waals surface area (Å²) in [6.07, 6.45) is 5.94. The molecular weight excluding hydrogens is 492 g/mol. The van der Waals surface area contributed by atoms with Gasteiger partial charge in [0.25, 0.3) is 0 Å². The van der Waals surface area contributed by atoms with E-state index in [0.717, 1.165) is 25.7 Å². The first-order valence-electron chi connectivity index (χ1n) is 14.2. The summed E-state index contributed by atoms with van der Waals surface area (Å²) in [5.41, 5.74) is -0.151. The lowest BCUT2D eigenvalue weighted by molar-refractivity contribution is -0.209. The molecule has 0 bridgehead atoms. The van der Waals surface area contributed by atoms with Crippen LogP contribution in [0.3, 0.4) is 0 Å².